The largest absolute Gasteiger partial charge is 0.386 e. The van der Waals surface area contributed by atoms with Crippen LogP contribution in [0.1, 0.15) is 31.2 Å². The molecule has 35 heavy (non-hydrogen) atoms. The molecule has 3 aliphatic rings. The molecule has 3 N–H and O–H groups in total. The van der Waals surface area contributed by atoms with Gasteiger partial charge in [-0.05, 0) is 43.0 Å². The number of alkyl halides is 2. The van der Waals surface area contributed by atoms with E-state index in [0.717, 1.165) is 24.1 Å². The summed E-state index contributed by atoms with van der Waals surface area (Å²) >= 11 is 0. The fraction of sp³-hybridized carbons (Fsp3) is 0.458. The molecule has 1 aliphatic carbocycles. The van der Waals surface area contributed by atoms with Gasteiger partial charge >= 0.3 is 6.03 Å². The van der Waals surface area contributed by atoms with Crippen LogP contribution in [0.3, 0.4) is 0 Å². The van der Waals surface area contributed by atoms with Crippen molar-refractivity contribution >= 4 is 40.1 Å². The third kappa shape index (κ3) is 4.13. The molecule has 2 fully saturated rings. The first-order chi connectivity index (χ1) is 16.9. The first-order valence-corrected chi connectivity index (χ1v) is 11.9. The van der Waals surface area contributed by atoms with Crippen LogP contribution < -0.4 is 20.9 Å². The van der Waals surface area contributed by atoms with E-state index in [1.807, 2.05) is 24.3 Å². The standard InChI is InChI=1S/C24H27F2N7O2/c1-27-18-10-20-29-15-7-14(8-16(9-15)32-6-2-5-24(25,26)12-32)11-35-19-4-3-17(19)30-23(34)33-13-28-21(18)22(33)31-20/h7-10,13,17,19H,2-6,11-12H2,1H3,(H,30,34)(H2,27,29,31)/t17-,19-/m1/s1. The summed E-state index contributed by atoms with van der Waals surface area (Å²) in [7, 11) is 1.78. The van der Waals surface area contributed by atoms with Crippen LogP contribution in [0.15, 0.2) is 30.6 Å². The minimum absolute atomic E-state index is 0.0867. The Balaban J connectivity index is 1.44. The molecule has 3 aromatic rings. The minimum Gasteiger partial charge on any atom is -0.386 e. The van der Waals surface area contributed by atoms with Crippen molar-refractivity contribution in [1.82, 2.24) is 19.9 Å². The summed E-state index contributed by atoms with van der Waals surface area (Å²) in [6.07, 6.45) is 3.36. The van der Waals surface area contributed by atoms with Gasteiger partial charge in [0.15, 0.2) is 5.65 Å². The Morgan fingerprint density at radius 1 is 1.23 bits per heavy atom. The van der Waals surface area contributed by atoms with Crippen LogP contribution in [0.5, 0.6) is 0 Å². The number of piperidine rings is 1. The van der Waals surface area contributed by atoms with E-state index in [0.29, 0.717) is 47.9 Å². The van der Waals surface area contributed by atoms with Crippen molar-refractivity contribution in [3.05, 3.63) is 36.2 Å². The third-order valence-corrected chi connectivity index (χ3v) is 6.98. The molecule has 184 valence electrons. The third-order valence-electron chi connectivity index (χ3n) is 6.98. The van der Waals surface area contributed by atoms with Gasteiger partial charge in [-0.25, -0.2) is 28.1 Å². The zero-order valence-electron chi connectivity index (χ0n) is 19.4. The number of halogens is 2. The monoisotopic (exact) mass is 483 g/mol. The molecule has 2 atom stereocenters. The van der Waals surface area contributed by atoms with Crippen molar-refractivity contribution in [3.63, 3.8) is 0 Å². The van der Waals surface area contributed by atoms with Crippen molar-refractivity contribution in [3.8, 4) is 0 Å². The molecule has 1 saturated carbocycles. The molecule has 6 rings (SSSR count). The summed E-state index contributed by atoms with van der Waals surface area (Å²) in [5.41, 5.74) is 4.01. The number of rotatable bonds is 2. The number of anilines is 4. The van der Waals surface area contributed by atoms with Gasteiger partial charge in [-0.2, -0.15) is 0 Å². The molecule has 0 spiro atoms. The van der Waals surface area contributed by atoms with E-state index >= 15 is 0 Å². The second-order valence-corrected chi connectivity index (χ2v) is 9.47. The number of aromatic nitrogens is 3. The summed E-state index contributed by atoms with van der Waals surface area (Å²) < 4.78 is 35.9. The van der Waals surface area contributed by atoms with Crippen molar-refractivity contribution < 1.29 is 18.3 Å². The van der Waals surface area contributed by atoms with Crippen molar-refractivity contribution in [2.45, 2.75) is 50.4 Å². The molecule has 0 radical (unpaired) electrons. The highest BCUT2D eigenvalue weighted by Crippen LogP contribution is 2.34. The van der Waals surface area contributed by atoms with Crippen molar-refractivity contribution in [2.24, 2.45) is 0 Å². The maximum atomic E-state index is 14.2. The first-order valence-electron chi connectivity index (χ1n) is 11.9. The maximum absolute atomic E-state index is 14.2. The Kier molecular flexibility index (Phi) is 5.24. The van der Waals surface area contributed by atoms with Crippen LogP contribution in [0, 0.1) is 0 Å². The van der Waals surface area contributed by atoms with Crippen molar-refractivity contribution in [2.75, 3.05) is 35.7 Å². The summed E-state index contributed by atoms with van der Waals surface area (Å²) in [4.78, 5) is 23.8. The van der Waals surface area contributed by atoms with Gasteiger partial charge in [0.1, 0.15) is 17.7 Å². The number of carbonyl (C=O) groups excluding carboxylic acids is 1. The van der Waals surface area contributed by atoms with Gasteiger partial charge in [0, 0.05) is 37.5 Å². The van der Waals surface area contributed by atoms with E-state index in [1.165, 1.54) is 10.9 Å². The zero-order valence-corrected chi connectivity index (χ0v) is 19.4. The Hall–Kier alpha value is -3.47. The number of pyridine rings is 1. The summed E-state index contributed by atoms with van der Waals surface area (Å²) in [6, 6.07) is 7.11. The fourth-order valence-corrected chi connectivity index (χ4v) is 5.01. The molecule has 11 heteroatoms. The molecule has 4 heterocycles. The number of nitrogens with one attached hydrogen (secondary N) is 3. The van der Waals surface area contributed by atoms with Crippen LogP contribution >= 0.6 is 0 Å². The van der Waals surface area contributed by atoms with Crippen LogP contribution in [-0.4, -0.2) is 58.8 Å². The van der Waals surface area contributed by atoms with E-state index in [2.05, 4.69) is 25.9 Å². The smallest absolute Gasteiger partial charge is 0.328 e. The number of nitrogens with zero attached hydrogens (tertiary/aromatic N) is 4. The molecule has 1 saturated heterocycles. The molecule has 1 amide bonds. The second kappa shape index (κ2) is 8.33. The van der Waals surface area contributed by atoms with Gasteiger partial charge < -0.3 is 25.6 Å². The number of carbonyl (C=O) groups is 1. The molecule has 9 nitrogen and oxygen atoms in total. The lowest BCUT2D eigenvalue weighted by atomic mass is 9.89. The molecule has 4 bridgehead atoms. The second-order valence-electron chi connectivity index (χ2n) is 9.47. The summed E-state index contributed by atoms with van der Waals surface area (Å²) in [5, 5.41) is 9.44. The number of benzene rings is 1. The number of fused-ring (bicyclic) bond motifs is 4. The van der Waals surface area contributed by atoms with Gasteiger partial charge in [0.2, 0.25) is 0 Å². The number of amides is 1. The minimum atomic E-state index is -2.71. The van der Waals surface area contributed by atoms with Gasteiger partial charge in [-0.1, -0.05) is 0 Å². The van der Waals surface area contributed by atoms with Crippen LogP contribution in [0.25, 0.3) is 11.2 Å². The lowest BCUT2D eigenvalue weighted by molar-refractivity contribution is -0.0323. The van der Waals surface area contributed by atoms with Gasteiger partial charge in [-0.15, -0.1) is 0 Å². The highest BCUT2D eigenvalue weighted by molar-refractivity contribution is 5.94. The summed E-state index contributed by atoms with van der Waals surface area (Å²) in [5.74, 6) is -2.21. The Labute approximate surface area is 200 Å². The zero-order chi connectivity index (χ0) is 24.2. The molecule has 0 unspecified atom stereocenters. The average Bonchev–Trinajstić information content (AvgIpc) is 3.24. The Morgan fingerprint density at radius 2 is 2.11 bits per heavy atom. The predicted molar refractivity (Wildman–Crippen MR) is 129 cm³/mol. The van der Waals surface area contributed by atoms with Crippen LogP contribution in [0.4, 0.5) is 36.5 Å². The van der Waals surface area contributed by atoms with E-state index in [4.69, 9.17) is 4.74 Å². The van der Waals surface area contributed by atoms with E-state index in [1.54, 1.807) is 11.9 Å². The number of ether oxygens (including phenoxy) is 1. The lowest BCUT2D eigenvalue weighted by Gasteiger charge is -2.37. The van der Waals surface area contributed by atoms with E-state index in [9.17, 15) is 13.6 Å². The first kappa shape index (κ1) is 22.0. The number of hydrogen-bond acceptors (Lipinski definition) is 7. The van der Waals surface area contributed by atoms with E-state index < -0.39 is 5.92 Å². The highest BCUT2D eigenvalue weighted by Gasteiger charge is 2.36. The van der Waals surface area contributed by atoms with Crippen LogP contribution in [0.2, 0.25) is 0 Å². The molecule has 1 aromatic carbocycles. The SMILES string of the molecule is CNc1cc2nc3c1ncn3C(=O)N[C@@H]1CC[C@H]1OCc1cc(cc(N3CCCC(F)(F)C3)c1)N2. The molecular weight excluding hydrogens is 456 g/mol. The van der Waals surface area contributed by atoms with Gasteiger partial charge in [0.05, 0.1) is 31.0 Å². The highest BCUT2D eigenvalue weighted by atomic mass is 19.3. The number of imidazole rings is 1. The Bertz CT molecular complexity index is 1290. The Morgan fingerprint density at radius 3 is 2.89 bits per heavy atom. The van der Waals surface area contributed by atoms with Gasteiger partial charge in [0.25, 0.3) is 5.92 Å². The molecule has 2 aromatic heterocycles. The normalized spacial score (nSPS) is 23.6. The molecule has 2 aliphatic heterocycles. The molecular formula is C24H27F2N7O2. The van der Waals surface area contributed by atoms with Crippen molar-refractivity contribution in [1.29, 1.82) is 0 Å². The maximum Gasteiger partial charge on any atom is 0.328 e. The quantitative estimate of drug-likeness (QED) is 0.506. The average molecular weight is 484 g/mol. The number of hydrogen-bond donors (Lipinski definition) is 3. The van der Waals surface area contributed by atoms with Gasteiger partial charge in [-0.3, -0.25) is 0 Å². The van der Waals surface area contributed by atoms with E-state index in [-0.39, 0.29) is 31.1 Å². The topological polar surface area (TPSA) is 96.3 Å². The van der Waals surface area contributed by atoms with Crippen LogP contribution in [-0.2, 0) is 11.3 Å². The predicted octanol–water partition coefficient (Wildman–Crippen LogP) is 4.07. The summed E-state index contributed by atoms with van der Waals surface area (Å²) in [6.45, 7) is 0.582. The lowest BCUT2D eigenvalue weighted by Crippen LogP contribution is -2.52. The fourth-order valence-electron chi connectivity index (χ4n) is 5.01.